The highest BCUT2D eigenvalue weighted by Crippen LogP contribution is 2.40. The lowest BCUT2D eigenvalue weighted by atomic mass is 10.00. The molecule has 0 unspecified atom stereocenters. The largest absolute Gasteiger partial charge is 0.493 e. The fourth-order valence-corrected chi connectivity index (χ4v) is 3.76. The smallest absolute Gasteiger partial charge is 0.225 e. The van der Waals surface area contributed by atoms with E-state index in [1.54, 1.807) is 38.3 Å². The molecule has 2 aromatic rings. The van der Waals surface area contributed by atoms with Crippen LogP contribution in [0, 0.1) is 5.92 Å². The molecule has 3 N–H and O–H groups in total. The van der Waals surface area contributed by atoms with Gasteiger partial charge in [-0.2, -0.15) is 5.10 Å². The minimum Gasteiger partial charge on any atom is -0.493 e. The number of aromatic nitrogens is 2. The summed E-state index contributed by atoms with van der Waals surface area (Å²) in [5.41, 5.74) is 6.94. The molecule has 3 rings (SSSR count). The molecule has 1 saturated carbocycles. The van der Waals surface area contributed by atoms with Crippen molar-refractivity contribution in [1.82, 2.24) is 9.78 Å². The van der Waals surface area contributed by atoms with Gasteiger partial charge >= 0.3 is 0 Å². The second-order valence-electron chi connectivity index (χ2n) is 6.97. The predicted molar refractivity (Wildman–Crippen MR) is 113 cm³/mol. The number of nitrogens with one attached hydrogen (secondary N) is 1. The predicted octanol–water partition coefficient (Wildman–Crippen LogP) is 2.84. The Labute approximate surface area is 177 Å². The van der Waals surface area contributed by atoms with Crippen LogP contribution in [0.25, 0.3) is 0 Å². The minimum atomic E-state index is -0.0385. The molecular weight excluding hydrogens is 396 g/mol. The summed E-state index contributed by atoms with van der Waals surface area (Å²) >= 11 is 0. The first-order chi connectivity index (χ1) is 13.6. The molecule has 8 nitrogen and oxygen atoms in total. The number of carbonyl (C=O) groups is 1. The Hall–Kier alpha value is -2.45. The zero-order valence-corrected chi connectivity index (χ0v) is 17.8. The monoisotopic (exact) mass is 424 g/mol. The molecule has 0 aliphatic heterocycles. The molecular formula is C20H29ClN4O4. The van der Waals surface area contributed by atoms with Gasteiger partial charge in [0.15, 0.2) is 11.5 Å². The van der Waals surface area contributed by atoms with Crippen molar-refractivity contribution < 1.29 is 19.0 Å². The third kappa shape index (κ3) is 5.13. The second kappa shape index (κ2) is 10.4. The summed E-state index contributed by atoms with van der Waals surface area (Å²) in [6.45, 7) is 0.412. The van der Waals surface area contributed by atoms with Crippen LogP contribution in [0.2, 0.25) is 0 Å². The summed E-state index contributed by atoms with van der Waals surface area (Å²) in [7, 11) is 4.73. The van der Waals surface area contributed by atoms with E-state index in [-0.39, 0.29) is 30.3 Å². The molecule has 1 aromatic heterocycles. The quantitative estimate of drug-likeness (QED) is 0.675. The lowest BCUT2D eigenvalue weighted by Gasteiger charge is -2.17. The summed E-state index contributed by atoms with van der Waals surface area (Å²) in [5, 5.41) is 7.29. The average molecular weight is 425 g/mol. The van der Waals surface area contributed by atoms with Crippen molar-refractivity contribution in [3.63, 3.8) is 0 Å². The molecule has 1 aromatic carbocycles. The summed E-state index contributed by atoms with van der Waals surface area (Å²) in [5.74, 6) is 2.53. The van der Waals surface area contributed by atoms with Crippen molar-refractivity contribution in [2.45, 2.75) is 38.3 Å². The number of amides is 1. The third-order valence-electron chi connectivity index (χ3n) is 5.26. The number of rotatable bonds is 8. The molecule has 160 valence electrons. The SMILES string of the molecule is COc1ccc(Cn2nccc2NC(=O)C[C@@H]2CCC[C@H]2N)c(OC)c1OC.Cl. The van der Waals surface area contributed by atoms with Crippen LogP contribution >= 0.6 is 12.4 Å². The fourth-order valence-electron chi connectivity index (χ4n) is 3.76. The molecule has 1 amide bonds. The minimum absolute atomic E-state index is 0. The fraction of sp³-hybridized carbons (Fsp3) is 0.500. The number of nitrogens with two attached hydrogens (primary N) is 1. The van der Waals surface area contributed by atoms with E-state index in [0.717, 1.165) is 24.8 Å². The van der Waals surface area contributed by atoms with Gasteiger partial charge in [-0.15, -0.1) is 12.4 Å². The van der Waals surface area contributed by atoms with E-state index in [0.29, 0.717) is 36.0 Å². The number of nitrogens with zero attached hydrogens (tertiary/aromatic N) is 2. The Morgan fingerprint density at radius 2 is 1.93 bits per heavy atom. The van der Waals surface area contributed by atoms with Crippen molar-refractivity contribution >= 4 is 24.1 Å². The van der Waals surface area contributed by atoms with E-state index in [2.05, 4.69) is 10.4 Å². The number of halogens is 1. The van der Waals surface area contributed by atoms with Crippen molar-refractivity contribution in [2.75, 3.05) is 26.6 Å². The van der Waals surface area contributed by atoms with Crippen LogP contribution in [0.4, 0.5) is 5.82 Å². The molecule has 1 aliphatic rings. The van der Waals surface area contributed by atoms with Crippen LogP contribution in [0.15, 0.2) is 24.4 Å². The van der Waals surface area contributed by atoms with Crippen LogP contribution in [-0.2, 0) is 11.3 Å². The summed E-state index contributed by atoms with van der Waals surface area (Å²) < 4.78 is 18.0. The first-order valence-electron chi connectivity index (χ1n) is 9.42. The van der Waals surface area contributed by atoms with E-state index in [4.69, 9.17) is 19.9 Å². The Kier molecular flexibility index (Phi) is 8.16. The van der Waals surface area contributed by atoms with Gasteiger partial charge < -0.3 is 25.3 Å². The van der Waals surface area contributed by atoms with Crippen molar-refractivity contribution in [3.05, 3.63) is 30.0 Å². The van der Waals surface area contributed by atoms with Crippen molar-refractivity contribution in [2.24, 2.45) is 11.7 Å². The lowest BCUT2D eigenvalue weighted by molar-refractivity contribution is -0.117. The maximum atomic E-state index is 12.5. The zero-order valence-electron chi connectivity index (χ0n) is 17.0. The highest BCUT2D eigenvalue weighted by Gasteiger charge is 2.26. The van der Waals surface area contributed by atoms with Gasteiger partial charge in [-0.05, 0) is 30.9 Å². The first-order valence-corrected chi connectivity index (χ1v) is 9.42. The van der Waals surface area contributed by atoms with Crippen LogP contribution in [-0.4, -0.2) is 43.1 Å². The molecule has 29 heavy (non-hydrogen) atoms. The number of anilines is 1. The van der Waals surface area contributed by atoms with E-state index >= 15 is 0 Å². The van der Waals surface area contributed by atoms with Crippen LogP contribution in [0.1, 0.15) is 31.2 Å². The number of benzene rings is 1. The van der Waals surface area contributed by atoms with Gasteiger partial charge in [-0.1, -0.05) is 6.42 Å². The molecule has 9 heteroatoms. The van der Waals surface area contributed by atoms with Crippen LogP contribution in [0.3, 0.4) is 0 Å². The molecule has 0 radical (unpaired) electrons. The van der Waals surface area contributed by atoms with Crippen molar-refractivity contribution in [1.29, 1.82) is 0 Å². The van der Waals surface area contributed by atoms with Gasteiger partial charge in [0, 0.05) is 24.1 Å². The number of carbonyl (C=O) groups excluding carboxylic acids is 1. The summed E-state index contributed by atoms with van der Waals surface area (Å²) in [4.78, 5) is 12.5. The van der Waals surface area contributed by atoms with Crippen molar-refractivity contribution in [3.8, 4) is 17.2 Å². The second-order valence-corrected chi connectivity index (χ2v) is 6.97. The summed E-state index contributed by atoms with van der Waals surface area (Å²) in [6.07, 6.45) is 5.19. The molecule has 1 fully saturated rings. The first kappa shape index (κ1) is 22.8. The number of methoxy groups -OCH3 is 3. The van der Waals surface area contributed by atoms with Gasteiger partial charge in [-0.25, -0.2) is 4.68 Å². The maximum Gasteiger partial charge on any atom is 0.225 e. The Bertz CT molecular complexity index is 827. The molecule has 2 atom stereocenters. The maximum absolute atomic E-state index is 12.5. The Balaban J connectivity index is 0.00000300. The Morgan fingerprint density at radius 1 is 1.17 bits per heavy atom. The average Bonchev–Trinajstić information content (AvgIpc) is 3.30. The topological polar surface area (TPSA) is 101 Å². The molecule has 1 aliphatic carbocycles. The van der Waals surface area contributed by atoms with Gasteiger partial charge in [0.1, 0.15) is 5.82 Å². The number of hydrogen-bond donors (Lipinski definition) is 2. The van der Waals surface area contributed by atoms with Crippen LogP contribution in [0.5, 0.6) is 17.2 Å². The van der Waals surface area contributed by atoms with E-state index in [9.17, 15) is 4.79 Å². The van der Waals surface area contributed by atoms with Gasteiger partial charge in [0.2, 0.25) is 11.7 Å². The zero-order chi connectivity index (χ0) is 20.1. The van der Waals surface area contributed by atoms with Gasteiger partial charge in [0.25, 0.3) is 0 Å². The standard InChI is InChI=1S/C20H28N4O4.ClH/c1-26-16-8-7-14(19(27-2)20(16)28-3)12-24-17(9-10-22-24)23-18(25)11-13-5-4-6-15(13)21;/h7-10,13,15H,4-6,11-12,21H2,1-3H3,(H,23,25);1H/t13-,15+;/m0./s1. The van der Waals surface area contributed by atoms with E-state index < -0.39 is 0 Å². The van der Waals surface area contributed by atoms with E-state index in [1.165, 1.54) is 0 Å². The number of ether oxygens (including phenoxy) is 3. The van der Waals surface area contributed by atoms with Crippen LogP contribution < -0.4 is 25.3 Å². The summed E-state index contributed by atoms with van der Waals surface area (Å²) in [6, 6.07) is 5.61. The Morgan fingerprint density at radius 3 is 2.55 bits per heavy atom. The molecule has 0 saturated heterocycles. The third-order valence-corrected chi connectivity index (χ3v) is 5.26. The molecule has 0 spiro atoms. The number of hydrogen-bond acceptors (Lipinski definition) is 6. The highest BCUT2D eigenvalue weighted by molar-refractivity contribution is 5.90. The highest BCUT2D eigenvalue weighted by atomic mass is 35.5. The van der Waals surface area contributed by atoms with Gasteiger partial charge in [0.05, 0.1) is 34.1 Å². The molecule has 0 bridgehead atoms. The normalized spacial score (nSPS) is 18.1. The molecule has 1 heterocycles. The van der Waals surface area contributed by atoms with Gasteiger partial charge in [-0.3, -0.25) is 4.79 Å². The lowest BCUT2D eigenvalue weighted by Crippen LogP contribution is -2.28. The van der Waals surface area contributed by atoms with E-state index in [1.807, 2.05) is 12.1 Å².